The molecule has 0 aliphatic rings. The van der Waals surface area contributed by atoms with Crippen LogP contribution in [0.25, 0.3) is 5.82 Å². The normalized spacial score (nSPS) is 11.1. The van der Waals surface area contributed by atoms with Gasteiger partial charge in [-0.15, -0.1) is 5.10 Å². The SMILES string of the molecule is Cc1c(C(=O)N/N=C/c2cccc(F)c2)nnn1-c1nonc1N. The summed E-state index contributed by atoms with van der Waals surface area (Å²) in [6, 6.07) is 5.75. The first-order chi connectivity index (χ1) is 11.6. The molecule has 0 aliphatic heterocycles. The molecule has 122 valence electrons. The van der Waals surface area contributed by atoms with Gasteiger partial charge in [0, 0.05) is 0 Å². The van der Waals surface area contributed by atoms with Gasteiger partial charge in [-0.1, -0.05) is 17.3 Å². The molecule has 0 aliphatic carbocycles. The fourth-order valence-corrected chi connectivity index (χ4v) is 1.88. The third kappa shape index (κ3) is 2.95. The number of anilines is 1. The second kappa shape index (κ2) is 6.24. The van der Waals surface area contributed by atoms with Gasteiger partial charge in [0.1, 0.15) is 5.82 Å². The summed E-state index contributed by atoms with van der Waals surface area (Å²) >= 11 is 0. The van der Waals surface area contributed by atoms with E-state index in [4.69, 9.17) is 5.73 Å². The molecule has 11 heteroatoms. The summed E-state index contributed by atoms with van der Waals surface area (Å²) < 4.78 is 18.7. The molecule has 0 unspecified atom stereocenters. The van der Waals surface area contributed by atoms with Gasteiger partial charge in [0.25, 0.3) is 5.91 Å². The number of nitrogen functional groups attached to an aromatic ring is 1. The van der Waals surface area contributed by atoms with Gasteiger partial charge >= 0.3 is 0 Å². The Bertz CT molecular complexity index is 916. The Morgan fingerprint density at radius 1 is 1.46 bits per heavy atom. The standard InChI is InChI=1S/C13H11FN8O2/c1-7-10(17-21-22(7)12-11(15)19-24-20-12)13(23)18-16-6-8-3-2-4-9(14)5-8/h2-6H,1H3,(H2,15,19)(H,18,23)/b16-6+. The van der Waals surface area contributed by atoms with E-state index >= 15 is 0 Å². The number of aromatic nitrogens is 5. The van der Waals surface area contributed by atoms with Crippen molar-refractivity contribution in [3.8, 4) is 5.82 Å². The van der Waals surface area contributed by atoms with E-state index in [1.807, 2.05) is 0 Å². The van der Waals surface area contributed by atoms with E-state index in [1.165, 1.54) is 29.1 Å². The average Bonchev–Trinajstić information content (AvgIpc) is 3.13. The minimum absolute atomic E-state index is 0.0130. The Hall–Kier alpha value is -3.63. The predicted octanol–water partition coefficient (Wildman–Crippen LogP) is 0.444. The summed E-state index contributed by atoms with van der Waals surface area (Å²) in [5.41, 5.74) is 8.75. The van der Waals surface area contributed by atoms with Gasteiger partial charge in [-0.3, -0.25) is 4.79 Å². The molecule has 0 spiro atoms. The first kappa shape index (κ1) is 15.3. The lowest BCUT2D eigenvalue weighted by molar-refractivity contribution is 0.0949. The fraction of sp³-hybridized carbons (Fsp3) is 0.0769. The lowest BCUT2D eigenvalue weighted by atomic mass is 10.2. The molecule has 1 amide bonds. The van der Waals surface area contributed by atoms with Crippen LogP contribution in [-0.4, -0.2) is 37.4 Å². The molecule has 10 nitrogen and oxygen atoms in total. The molecule has 0 saturated heterocycles. The smallest absolute Gasteiger partial charge is 0.293 e. The predicted molar refractivity (Wildman–Crippen MR) is 79.8 cm³/mol. The van der Waals surface area contributed by atoms with Crippen LogP contribution in [0.4, 0.5) is 10.2 Å². The fourth-order valence-electron chi connectivity index (χ4n) is 1.88. The molecule has 0 atom stereocenters. The minimum Gasteiger partial charge on any atom is -0.378 e. The highest BCUT2D eigenvalue weighted by molar-refractivity contribution is 5.94. The second-order valence-electron chi connectivity index (χ2n) is 4.66. The zero-order chi connectivity index (χ0) is 17.1. The third-order valence-corrected chi connectivity index (χ3v) is 3.03. The second-order valence-corrected chi connectivity index (χ2v) is 4.66. The first-order valence-corrected chi connectivity index (χ1v) is 6.66. The number of hydrazone groups is 1. The molecular formula is C13H11FN8O2. The van der Waals surface area contributed by atoms with E-state index in [9.17, 15) is 9.18 Å². The van der Waals surface area contributed by atoms with Crippen LogP contribution in [0.3, 0.4) is 0 Å². The highest BCUT2D eigenvalue weighted by atomic mass is 19.1. The van der Waals surface area contributed by atoms with Crippen LogP contribution in [0.2, 0.25) is 0 Å². The van der Waals surface area contributed by atoms with Crippen molar-refractivity contribution < 1.29 is 13.8 Å². The van der Waals surface area contributed by atoms with Crippen molar-refractivity contribution >= 4 is 17.9 Å². The van der Waals surface area contributed by atoms with E-state index in [0.717, 1.165) is 0 Å². The third-order valence-electron chi connectivity index (χ3n) is 3.03. The van der Waals surface area contributed by atoms with Crippen LogP contribution in [0, 0.1) is 12.7 Å². The van der Waals surface area contributed by atoms with Gasteiger partial charge in [0.15, 0.2) is 5.69 Å². The maximum atomic E-state index is 13.0. The molecule has 2 aromatic heterocycles. The largest absolute Gasteiger partial charge is 0.378 e. The number of nitrogens with two attached hydrogens (primary N) is 1. The molecule has 3 N–H and O–H groups in total. The van der Waals surface area contributed by atoms with Gasteiger partial charge in [-0.25, -0.2) is 14.4 Å². The number of rotatable bonds is 4. The van der Waals surface area contributed by atoms with Gasteiger partial charge in [0.2, 0.25) is 11.6 Å². The van der Waals surface area contributed by atoms with Crippen molar-refractivity contribution in [3.63, 3.8) is 0 Å². The topological polar surface area (TPSA) is 137 Å². The molecule has 0 fully saturated rings. The Kier molecular flexibility index (Phi) is 3.97. The number of carbonyl (C=O) groups is 1. The van der Waals surface area contributed by atoms with Crippen molar-refractivity contribution in [1.29, 1.82) is 0 Å². The number of carbonyl (C=O) groups excluding carboxylic acids is 1. The van der Waals surface area contributed by atoms with E-state index in [2.05, 4.69) is 35.8 Å². The summed E-state index contributed by atoms with van der Waals surface area (Å²) in [5, 5.41) is 18.3. The number of nitrogens with one attached hydrogen (secondary N) is 1. The Morgan fingerprint density at radius 3 is 3.00 bits per heavy atom. The summed E-state index contributed by atoms with van der Waals surface area (Å²) in [6.45, 7) is 1.60. The molecule has 3 aromatic rings. The van der Waals surface area contributed by atoms with Crippen molar-refractivity contribution in [2.45, 2.75) is 6.92 Å². The summed E-state index contributed by atoms with van der Waals surface area (Å²) in [7, 11) is 0. The van der Waals surface area contributed by atoms with E-state index in [1.54, 1.807) is 13.0 Å². The van der Waals surface area contributed by atoms with Crippen LogP contribution in [-0.2, 0) is 0 Å². The Balaban J connectivity index is 1.74. The molecule has 3 rings (SSSR count). The monoisotopic (exact) mass is 330 g/mol. The highest BCUT2D eigenvalue weighted by Gasteiger charge is 2.20. The van der Waals surface area contributed by atoms with E-state index in [-0.39, 0.29) is 17.3 Å². The summed E-state index contributed by atoms with van der Waals surface area (Å²) in [4.78, 5) is 12.1. The molecule has 1 aromatic carbocycles. The van der Waals surface area contributed by atoms with Gasteiger partial charge < -0.3 is 5.73 Å². The van der Waals surface area contributed by atoms with Gasteiger partial charge in [0.05, 0.1) is 11.9 Å². The molecule has 2 heterocycles. The number of nitrogens with zero attached hydrogens (tertiary/aromatic N) is 6. The van der Waals surface area contributed by atoms with Crippen LogP contribution < -0.4 is 11.2 Å². The zero-order valence-electron chi connectivity index (χ0n) is 12.3. The molecule has 0 bridgehead atoms. The zero-order valence-corrected chi connectivity index (χ0v) is 12.3. The Labute approximate surface area is 134 Å². The number of hydrogen-bond acceptors (Lipinski definition) is 8. The lowest BCUT2D eigenvalue weighted by Crippen LogP contribution is -2.19. The maximum absolute atomic E-state index is 13.0. The molecule has 24 heavy (non-hydrogen) atoms. The first-order valence-electron chi connectivity index (χ1n) is 6.66. The van der Waals surface area contributed by atoms with Crippen molar-refractivity contribution in [2.75, 3.05) is 5.73 Å². The van der Waals surface area contributed by atoms with Crippen LogP contribution in [0.1, 0.15) is 21.7 Å². The maximum Gasteiger partial charge on any atom is 0.293 e. The number of amides is 1. The van der Waals surface area contributed by atoms with Crippen molar-refractivity contribution in [2.24, 2.45) is 5.10 Å². The van der Waals surface area contributed by atoms with E-state index < -0.39 is 11.7 Å². The van der Waals surface area contributed by atoms with E-state index in [0.29, 0.717) is 11.3 Å². The lowest BCUT2D eigenvalue weighted by Gasteiger charge is -1.99. The number of halogens is 1. The minimum atomic E-state index is -0.596. The molecule has 0 saturated carbocycles. The van der Waals surface area contributed by atoms with Crippen LogP contribution in [0.5, 0.6) is 0 Å². The number of benzene rings is 1. The highest BCUT2D eigenvalue weighted by Crippen LogP contribution is 2.14. The Morgan fingerprint density at radius 2 is 2.29 bits per heavy atom. The molecule has 0 radical (unpaired) electrons. The average molecular weight is 330 g/mol. The number of hydrogen-bond donors (Lipinski definition) is 2. The summed E-state index contributed by atoms with van der Waals surface area (Å²) in [6.07, 6.45) is 1.31. The van der Waals surface area contributed by atoms with Gasteiger partial charge in [-0.05, 0) is 34.9 Å². The quantitative estimate of drug-likeness (QED) is 0.523. The van der Waals surface area contributed by atoms with Crippen molar-refractivity contribution in [1.82, 2.24) is 30.7 Å². The van der Waals surface area contributed by atoms with Gasteiger partial charge in [-0.2, -0.15) is 9.78 Å². The van der Waals surface area contributed by atoms with Crippen LogP contribution >= 0.6 is 0 Å². The summed E-state index contributed by atoms with van der Waals surface area (Å²) in [5.74, 6) is -0.856. The molecular weight excluding hydrogens is 319 g/mol. The van der Waals surface area contributed by atoms with Crippen LogP contribution in [0.15, 0.2) is 34.0 Å². The van der Waals surface area contributed by atoms with Crippen molar-refractivity contribution in [3.05, 3.63) is 47.0 Å².